The molecule has 152 valence electrons. The summed E-state index contributed by atoms with van der Waals surface area (Å²) in [5, 5.41) is 13.7. The first kappa shape index (κ1) is 18.6. The lowest BCUT2D eigenvalue weighted by Gasteiger charge is -2.27. The Labute approximate surface area is 174 Å². The van der Waals surface area contributed by atoms with E-state index in [1.807, 2.05) is 6.08 Å². The minimum Gasteiger partial charge on any atom is -0.339 e. The van der Waals surface area contributed by atoms with Gasteiger partial charge in [0, 0.05) is 31.9 Å². The van der Waals surface area contributed by atoms with Crippen LogP contribution in [0.2, 0.25) is 0 Å². The third-order valence-corrected chi connectivity index (χ3v) is 5.91. The number of nitrogens with one attached hydrogen (secondary N) is 3. The standard InChI is InChI=1S/C24H24N4O2/c29-23-15-25-10-12-28(23)13-11-26-24(30)27-18-6-9-20-17(14-18)5-8-21-19-3-1-2-16(19)4-7-22(20)21/h1-8,14,25H,9-13,15H2,(H2,26,27,30). The molecule has 0 atom stereocenters. The first-order valence-electron chi connectivity index (χ1n) is 10.4. The molecular weight excluding hydrogens is 376 g/mol. The Balaban J connectivity index is 1.25. The van der Waals surface area contributed by atoms with Gasteiger partial charge in [-0.3, -0.25) is 4.79 Å². The van der Waals surface area contributed by atoms with Gasteiger partial charge in [0.15, 0.2) is 0 Å². The lowest BCUT2D eigenvalue weighted by atomic mass is 9.93. The van der Waals surface area contributed by atoms with Crippen LogP contribution in [0.5, 0.6) is 0 Å². The maximum Gasteiger partial charge on any atom is 0.319 e. The molecule has 1 fully saturated rings. The van der Waals surface area contributed by atoms with Crippen LogP contribution in [-0.2, 0) is 11.2 Å². The maximum atomic E-state index is 12.3. The zero-order valence-electron chi connectivity index (χ0n) is 16.7. The average molecular weight is 400 g/mol. The molecule has 0 aromatic heterocycles. The van der Waals surface area contributed by atoms with Crippen molar-refractivity contribution in [1.29, 1.82) is 0 Å². The van der Waals surface area contributed by atoms with Crippen molar-refractivity contribution in [3.05, 3.63) is 63.7 Å². The number of fused-ring (bicyclic) bond motifs is 5. The Kier molecular flexibility index (Phi) is 4.85. The molecule has 0 saturated carbocycles. The number of carbonyl (C=O) groups excluding carboxylic acids is 2. The highest BCUT2D eigenvalue weighted by Gasteiger charge is 2.17. The SMILES string of the molecule is O=C(NCCN1CCNCC1=O)NC1=CCc2c(ccc3c4c(ccc23)=CC=C4)=C1. The molecule has 1 saturated heterocycles. The Hall–Kier alpha value is -3.38. The van der Waals surface area contributed by atoms with Crippen LogP contribution in [-0.4, -0.2) is 49.6 Å². The number of rotatable bonds is 4. The zero-order chi connectivity index (χ0) is 20.5. The molecule has 3 aliphatic rings. The van der Waals surface area contributed by atoms with E-state index < -0.39 is 0 Å². The Bertz CT molecular complexity index is 1230. The van der Waals surface area contributed by atoms with E-state index >= 15 is 0 Å². The van der Waals surface area contributed by atoms with E-state index in [2.05, 4.69) is 64.5 Å². The second kappa shape index (κ2) is 7.80. The molecule has 0 bridgehead atoms. The summed E-state index contributed by atoms with van der Waals surface area (Å²) in [4.78, 5) is 25.8. The molecule has 6 nitrogen and oxygen atoms in total. The van der Waals surface area contributed by atoms with Gasteiger partial charge in [0.05, 0.1) is 6.54 Å². The minimum absolute atomic E-state index is 0.0784. The number of piperazine rings is 1. The van der Waals surface area contributed by atoms with Gasteiger partial charge in [-0.15, -0.1) is 0 Å². The van der Waals surface area contributed by atoms with Crippen LogP contribution in [0.15, 0.2) is 42.1 Å². The fraction of sp³-hybridized carbons (Fsp3) is 0.250. The van der Waals surface area contributed by atoms with Crippen LogP contribution in [0.25, 0.3) is 29.0 Å². The topological polar surface area (TPSA) is 73.5 Å². The number of hydrogen-bond acceptors (Lipinski definition) is 3. The molecule has 0 unspecified atom stereocenters. The van der Waals surface area contributed by atoms with Crippen LogP contribution in [0.3, 0.4) is 0 Å². The number of carbonyl (C=O) groups is 2. The molecule has 2 aromatic rings. The van der Waals surface area contributed by atoms with Crippen LogP contribution >= 0.6 is 0 Å². The molecule has 0 radical (unpaired) electrons. The molecule has 2 aromatic carbocycles. The van der Waals surface area contributed by atoms with Gasteiger partial charge in [0.2, 0.25) is 5.91 Å². The van der Waals surface area contributed by atoms with Crippen molar-refractivity contribution in [2.45, 2.75) is 6.42 Å². The number of benzene rings is 2. The molecule has 30 heavy (non-hydrogen) atoms. The van der Waals surface area contributed by atoms with Crippen LogP contribution in [0.4, 0.5) is 4.79 Å². The lowest BCUT2D eigenvalue weighted by molar-refractivity contribution is -0.131. The van der Waals surface area contributed by atoms with Gasteiger partial charge in [-0.2, -0.15) is 0 Å². The molecule has 0 spiro atoms. The molecule has 2 aliphatic carbocycles. The first-order chi connectivity index (χ1) is 14.7. The van der Waals surface area contributed by atoms with Crippen molar-refractivity contribution in [3.63, 3.8) is 0 Å². The van der Waals surface area contributed by atoms with Crippen molar-refractivity contribution in [1.82, 2.24) is 20.9 Å². The highest BCUT2D eigenvalue weighted by Crippen LogP contribution is 2.22. The predicted molar refractivity (Wildman–Crippen MR) is 119 cm³/mol. The summed E-state index contributed by atoms with van der Waals surface area (Å²) >= 11 is 0. The van der Waals surface area contributed by atoms with Crippen molar-refractivity contribution < 1.29 is 9.59 Å². The van der Waals surface area contributed by atoms with E-state index in [9.17, 15) is 9.59 Å². The van der Waals surface area contributed by atoms with E-state index in [1.165, 1.54) is 27.1 Å². The monoisotopic (exact) mass is 400 g/mol. The predicted octanol–water partition coefficient (Wildman–Crippen LogP) is 0.599. The molecule has 5 rings (SSSR count). The quantitative estimate of drug-likeness (QED) is 0.704. The number of amides is 3. The van der Waals surface area contributed by atoms with Crippen LogP contribution in [0.1, 0.15) is 11.1 Å². The van der Waals surface area contributed by atoms with Gasteiger partial charge >= 0.3 is 6.03 Å². The summed E-state index contributed by atoms with van der Waals surface area (Å²) in [5.41, 5.74) is 3.37. The summed E-state index contributed by atoms with van der Waals surface area (Å²) in [6, 6.07) is 8.42. The smallest absolute Gasteiger partial charge is 0.319 e. The third-order valence-electron chi connectivity index (χ3n) is 5.91. The molecule has 3 amide bonds. The van der Waals surface area contributed by atoms with Gasteiger partial charge in [-0.05, 0) is 44.8 Å². The fourth-order valence-electron chi connectivity index (χ4n) is 4.36. The molecular formula is C24H24N4O2. The summed E-state index contributed by atoms with van der Waals surface area (Å²) in [7, 11) is 0. The number of allylic oxidation sites excluding steroid dienone is 3. The van der Waals surface area contributed by atoms with E-state index in [0.717, 1.165) is 23.9 Å². The fourth-order valence-corrected chi connectivity index (χ4v) is 4.36. The summed E-state index contributed by atoms with van der Waals surface area (Å²) in [5.74, 6) is 0.0784. The zero-order valence-corrected chi connectivity index (χ0v) is 16.7. The minimum atomic E-state index is -0.247. The van der Waals surface area contributed by atoms with Gasteiger partial charge in [0.1, 0.15) is 0 Å². The van der Waals surface area contributed by atoms with E-state index in [-0.39, 0.29) is 11.9 Å². The maximum absolute atomic E-state index is 12.3. The van der Waals surface area contributed by atoms with Gasteiger partial charge in [-0.1, -0.05) is 48.6 Å². The van der Waals surface area contributed by atoms with E-state index in [1.54, 1.807) is 4.90 Å². The normalized spacial score (nSPS) is 17.0. The molecule has 3 N–H and O–H groups in total. The van der Waals surface area contributed by atoms with E-state index in [0.29, 0.717) is 26.2 Å². The van der Waals surface area contributed by atoms with Crippen LogP contribution in [0, 0.1) is 0 Å². The second-order valence-electron chi connectivity index (χ2n) is 7.77. The highest BCUT2D eigenvalue weighted by atomic mass is 16.2. The first-order valence-corrected chi connectivity index (χ1v) is 10.4. The Morgan fingerprint density at radius 1 is 1.13 bits per heavy atom. The largest absolute Gasteiger partial charge is 0.339 e. The highest BCUT2D eigenvalue weighted by molar-refractivity contribution is 5.96. The third kappa shape index (κ3) is 3.50. The van der Waals surface area contributed by atoms with E-state index in [4.69, 9.17) is 0 Å². The van der Waals surface area contributed by atoms with Crippen LogP contribution < -0.4 is 26.4 Å². The molecule has 6 heteroatoms. The lowest BCUT2D eigenvalue weighted by Crippen LogP contribution is -2.50. The van der Waals surface area contributed by atoms with Gasteiger partial charge < -0.3 is 20.9 Å². The van der Waals surface area contributed by atoms with Crippen molar-refractivity contribution in [3.8, 4) is 0 Å². The van der Waals surface area contributed by atoms with Gasteiger partial charge in [-0.25, -0.2) is 4.79 Å². The Morgan fingerprint density at radius 2 is 2.00 bits per heavy atom. The van der Waals surface area contributed by atoms with Crippen molar-refractivity contribution in [2.75, 3.05) is 32.7 Å². The van der Waals surface area contributed by atoms with Crippen molar-refractivity contribution in [2.24, 2.45) is 0 Å². The number of nitrogens with zero attached hydrogens (tertiary/aromatic N) is 1. The molecule has 1 heterocycles. The summed E-state index contributed by atoms with van der Waals surface area (Å²) in [6.07, 6.45) is 11.2. The summed E-state index contributed by atoms with van der Waals surface area (Å²) in [6.45, 7) is 2.82. The summed E-state index contributed by atoms with van der Waals surface area (Å²) < 4.78 is 0. The number of urea groups is 1. The van der Waals surface area contributed by atoms with Crippen molar-refractivity contribution >= 4 is 40.9 Å². The van der Waals surface area contributed by atoms with Gasteiger partial charge in [0.25, 0.3) is 0 Å². The average Bonchev–Trinajstić information content (AvgIpc) is 3.24. The molecule has 1 aliphatic heterocycles. The number of hydrogen-bond donors (Lipinski definition) is 3. The second-order valence-corrected chi connectivity index (χ2v) is 7.77. The Morgan fingerprint density at radius 3 is 2.90 bits per heavy atom.